The van der Waals surface area contributed by atoms with Crippen LogP contribution in [0.15, 0.2) is 40.9 Å². The van der Waals surface area contributed by atoms with E-state index in [0.717, 1.165) is 31.6 Å². The van der Waals surface area contributed by atoms with Gasteiger partial charge in [0.05, 0.1) is 21.2 Å². The Morgan fingerprint density at radius 2 is 1.92 bits per heavy atom. The molecule has 1 saturated heterocycles. The molecule has 1 aliphatic rings. The van der Waals surface area contributed by atoms with E-state index < -0.39 is 10.8 Å². The van der Waals surface area contributed by atoms with Crippen LogP contribution in [0.5, 0.6) is 0 Å². The number of halogens is 2. The van der Waals surface area contributed by atoms with Crippen molar-refractivity contribution < 1.29 is 9.72 Å². The smallest absolute Gasteiger partial charge is 0.270 e. The summed E-state index contributed by atoms with van der Waals surface area (Å²) in [5.41, 5.74) is 1.54. The molecular formula is C17H15BrClN3O3. The molecule has 1 fully saturated rings. The first-order chi connectivity index (χ1) is 12.0. The second-order valence-electron chi connectivity index (χ2n) is 5.74. The summed E-state index contributed by atoms with van der Waals surface area (Å²) in [5.74, 6) is -0.444. The molecule has 25 heavy (non-hydrogen) atoms. The fourth-order valence-electron chi connectivity index (χ4n) is 2.80. The summed E-state index contributed by atoms with van der Waals surface area (Å²) in [7, 11) is 0. The van der Waals surface area contributed by atoms with Crippen LogP contribution in [-0.4, -0.2) is 23.9 Å². The first-order valence-electron chi connectivity index (χ1n) is 7.75. The van der Waals surface area contributed by atoms with Crippen molar-refractivity contribution in [3.8, 4) is 0 Å². The van der Waals surface area contributed by atoms with Crippen molar-refractivity contribution in [2.24, 2.45) is 0 Å². The molecule has 0 saturated carbocycles. The standard InChI is InChI=1S/C17H15BrClN3O3/c18-14-5-4-12(22(24)25)10-13(14)17(23)20-11-3-6-16(15(19)9-11)21-7-1-2-8-21/h3-6,9-10H,1-2,7-8H2,(H,20,23). The Hall–Kier alpha value is -2.12. The average molecular weight is 425 g/mol. The summed E-state index contributed by atoms with van der Waals surface area (Å²) in [4.78, 5) is 25.0. The van der Waals surface area contributed by atoms with Gasteiger partial charge < -0.3 is 10.2 Å². The van der Waals surface area contributed by atoms with Crippen LogP contribution < -0.4 is 10.2 Å². The fraction of sp³-hybridized carbons (Fsp3) is 0.235. The largest absolute Gasteiger partial charge is 0.370 e. The summed E-state index contributed by atoms with van der Waals surface area (Å²) in [6.45, 7) is 1.96. The summed E-state index contributed by atoms with van der Waals surface area (Å²) in [5, 5.41) is 14.2. The molecule has 0 spiro atoms. The second kappa shape index (κ2) is 7.41. The molecule has 1 aliphatic heterocycles. The van der Waals surface area contributed by atoms with E-state index in [1.165, 1.54) is 18.2 Å². The molecule has 3 rings (SSSR count). The van der Waals surface area contributed by atoms with Gasteiger partial charge in [0, 0.05) is 35.4 Å². The first-order valence-corrected chi connectivity index (χ1v) is 8.92. The molecule has 130 valence electrons. The molecule has 2 aromatic carbocycles. The van der Waals surface area contributed by atoms with Crippen LogP contribution in [0.2, 0.25) is 5.02 Å². The van der Waals surface area contributed by atoms with Crippen molar-refractivity contribution in [1.82, 2.24) is 0 Å². The molecule has 1 heterocycles. The first kappa shape index (κ1) is 17.7. The van der Waals surface area contributed by atoms with Crippen LogP contribution in [0, 0.1) is 10.1 Å². The third-order valence-electron chi connectivity index (χ3n) is 4.06. The van der Waals surface area contributed by atoms with Gasteiger partial charge in [0.15, 0.2) is 0 Å². The van der Waals surface area contributed by atoms with Crippen LogP contribution in [0.25, 0.3) is 0 Å². The van der Waals surface area contributed by atoms with Gasteiger partial charge in [-0.15, -0.1) is 0 Å². The summed E-state index contributed by atoms with van der Waals surface area (Å²) in [6.07, 6.45) is 2.30. The maximum absolute atomic E-state index is 12.4. The third-order valence-corrected chi connectivity index (χ3v) is 5.05. The van der Waals surface area contributed by atoms with Crippen molar-refractivity contribution in [3.63, 3.8) is 0 Å². The van der Waals surface area contributed by atoms with E-state index in [1.807, 2.05) is 6.07 Å². The molecule has 0 atom stereocenters. The molecule has 6 nitrogen and oxygen atoms in total. The van der Waals surface area contributed by atoms with Crippen LogP contribution in [-0.2, 0) is 0 Å². The lowest BCUT2D eigenvalue weighted by Gasteiger charge is -2.19. The highest BCUT2D eigenvalue weighted by Crippen LogP contribution is 2.31. The minimum Gasteiger partial charge on any atom is -0.370 e. The Kier molecular flexibility index (Phi) is 5.24. The van der Waals surface area contributed by atoms with Gasteiger partial charge >= 0.3 is 0 Å². The molecule has 2 aromatic rings. The summed E-state index contributed by atoms with van der Waals surface area (Å²) < 4.78 is 0.482. The highest BCUT2D eigenvalue weighted by atomic mass is 79.9. The number of amides is 1. The van der Waals surface area contributed by atoms with Gasteiger partial charge in [-0.2, -0.15) is 0 Å². The highest BCUT2D eigenvalue weighted by molar-refractivity contribution is 9.10. The van der Waals surface area contributed by atoms with Gasteiger partial charge in [-0.3, -0.25) is 14.9 Å². The quantitative estimate of drug-likeness (QED) is 0.561. The predicted molar refractivity (Wildman–Crippen MR) is 102 cm³/mol. The average Bonchev–Trinajstić information content (AvgIpc) is 3.09. The Bertz CT molecular complexity index is 838. The van der Waals surface area contributed by atoms with Crippen molar-refractivity contribution in [2.45, 2.75) is 12.8 Å². The van der Waals surface area contributed by atoms with E-state index in [9.17, 15) is 14.9 Å². The maximum atomic E-state index is 12.4. The second-order valence-corrected chi connectivity index (χ2v) is 7.00. The van der Waals surface area contributed by atoms with E-state index in [2.05, 4.69) is 26.1 Å². The Balaban J connectivity index is 1.80. The third kappa shape index (κ3) is 3.93. The number of anilines is 2. The lowest BCUT2D eigenvalue weighted by molar-refractivity contribution is -0.384. The van der Waals surface area contributed by atoms with Crippen molar-refractivity contribution in [3.05, 3.63) is 61.6 Å². The Morgan fingerprint density at radius 1 is 1.20 bits per heavy atom. The van der Waals surface area contributed by atoms with Gasteiger partial charge in [-0.1, -0.05) is 11.6 Å². The lowest BCUT2D eigenvalue weighted by atomic mass is 10.2. The van der Waals surface area contributed by atoms with E-state index in [4.69, 9.17) is 11.6 Å². The van der Waals surface area contributed by atoms with Crippen molar-refractivity contribution >= 4 is 50.5 Å². The molecule has 0 bridgehead atoms. The van der Waals surface area contributed by atoms with Gasteiger partial charge in [-0.25, -0.2) is 0 Å². The lowest BCUT2D eigenvalue weighted by Crippen LogP contribution is -2.18. The van der Waals surface area contributed by atoms with Crippen LogP contribution in [0.3, 0.4) is 0 Å². The number of hydrogen-bond acceptors (Lipinski definition) is 4. The molecule has 0 aromatic heterocycles. The highest BCUT2D eigenvalue weighted by Gasteiger charge is 2.18. The topological polar surface area (TPSA) is 75.5 Å². The molecule has 0 unspecified atom stereocenters. The van der Waals surface area contributed by atoms with Crippen molar-refractivity contribution in [2.75, 3.05) is 23.3 Å². The Labute approximate surface area is 158 Å². The number of carbonyl (C=O) groups is 1. The molecule has 0 radical (unpaired) electrons. The van der Waals surface area contributed by atoms with Crippen LogP contribution in [0.1, 0.15) is 23.2 Å². The number of hydrogen-bond donors (Lipinski definition) is 1. The minimum atomic E-state index is -0.537. The van der Waals surface area contributed by atoms with E-state index in [0.29, 0.717) is 15.2 Å². The van der Waals surface area contributed by atoms with Gasteiger partial charge in [0.25, 0.3) is 11.6 Å². The number of non-ortho nitro benzene ring substituents is 1. The number of nitrogens with one attached hydrogen (secondary N) is 1. The SMILES string of the molecule is O=C(Nc1ccc(N2CCCC2)c(Cl)c1)c1cc([N+](=O)[O-])ccc1Br. The minimum absolute atomic E-state index is 0.143. The van der Waals surface area contributed by atoms with Gasteiger partial charge in [0.1, 0.15) is 0 Å². The predicted octanol–water partition coefficient (Wildman–Crippen LogP) is 4.86. The molecule has 1 N–H and O–H groups in total. The zero-order valence-corrected chi connectivity index (χ0v) is 15.5. The summed E-state index contributed by atoms with van der Waals surface area (Å²) >= 11 is 9.59. The number of nitro groups is 1. The zero-order chi connectivity index (χ0) is 18.0. The van der Waals surface area contributed by atoms with Crippen LogP contribution in [0.4, 0.5) is 17.1 Å². The van der Waals surface area contributed by atoms with Crippen molar-refractivity contribution in [1.29, 1.82) is 0 Å². The van der Waals surface area contributed by atoms with E-state index >= 15 is 0 Å². The maximum Gasteiger partial charge on any atom is 0.270 e. The Morgan fingerprint density at radius 3 is 2.56 bits per heavy atom. The molecule has 8 heteroatoms. The number of nitrogens with zero attached hydrogens (tertiary/aromatic N) is 2. The van der Waals surface area contributed by atoms with Gasteiger partial charge in [-0.05, 0) is 53.0 Å². The molecule has 1 amide bonds. The zero-order valence-electron chi connectivity index (χ0n) is 13.2. The van der Waals surface area contributed by atoms with Gasteiger partial charge in [0.2, 0.25) is 0 Å². The molecule has 0 aliphatic carbocycles. The normalized spacial score (nSPS) is 13.8. The molecular weight excluding hydrogens is 410 g/mol. The number of rotatable bonds is 4. The number of nitro benzene ring substituents is 1. The number of carbonyl (C=O) groups excluding carboxylic acids is 1. The monoisotopic (exact) mass is 423 g/mol. The van der Waals surface area contributed by atoms with Crippen LogP contribution >= 0.6 is 27.5 Å². The fourth-order valence-corrected chi connectivity index (χ4v) is 3.53. The summed E-state index contributed by atoms with van der Waals surface area (Å²) in [6, 6.07) is 9.41. The van der Waals surface area contributed by atoms with E-state index in [-0.39, 0.29) is 11.3 Å². The number of benzene rings is 2. The van der Waals surface area contributed by atoms with E-state index in [1.54, 1.807) is 12.1 Å².